The summed E-state index contributed by atoms with van der Waals surface area (Å²) in [5.74, 6) is 0.889. The van der Waals surface area contributed by atoms with Gasteiger partial charge in [0.2, 0.25) is 0 Å². The molecule has 0 radical (unpaired) electrons. The van der Waals surface area contributed by atoms with E-state index in [1.165, 1.54) is 0 Å². The molecule has 0 aromatic carbocycles. The van der Waals surface area contributed by atoms with E-state index in [-0.39, 0.29) is 10.8 Å². The Bertz CT molecular complexity index is 309. The minimum atomic E-state index is 0.150. The summed E-state index contributed by atoms with van der Waals surface area (Å²) in [6.45, 7) is 7.25. The fourth-order valence-corrected chi connectivity index (χ4v) is 1.44. The van der Waals surface area contributed by atoms with Crippen molar-refractivity contribution < 1.29 is 0 Å². The molecule has 0 amide bonds. The smallest absolute Gasteiger partial charge is 0.167 e. The fourth-order valence-electron chi connectivity index (χ4n) is 1.19. The van der Waals surface area contributed by atoms with Gasteiger partial charge in [0, 0.05) is 4.75 Å². The number of aromatic nitrogens is 4. The minimum Gasteiger partial charge on any atom is -0.311 e. The summed E-state index contributed by atoms with van der Waals surface area (Å²) in [5, 5.41) is 14.9. The highest BCUT2D eigenvalue weighted by Crippen LogP contribution is 2.23. The summed E-state index contributed by atoms with van der Waals surface area (Å²) in [6, 6.07) is 0.178. The second-order valence-electron chi connectivity index (χ2n) is 4.17. The van der Waals surface area contributed by atoms with Gasteiger partial charge in [0.25, 0.3) is 0 Å². The molecule has 1 N–H and O–H groups in total. The van der Waals surface area contributed by atoms with Crippen LogP contribution in [0.1, 0.15) is 32.6 Å². The Morgan fingerprint density at radius 2 is 2.20 bits per heavy atom. The maximum absolute atomic E-state index is 4.04. The summed E-state index contributed by atoms with van der Waals surface area (Å²) in [6.07, 6.45) is 2.10. The number of hydrogen-bond acceptors (Lipinski definition) is 5. The highest BCUT2D eigenvalue weighted by atomic mass is 32.2. The van der Waals surface area contributed by atoms with Crippen molar-refractivity contribution in [1.82, 2.24) is 25.5 Å². The van der Waals surface area contributed by atoms with Crippen LogP contribution in [0.15, 0.2) is 0 Å². The average Bonchev–Trinajstić information content (AvgIpc) is 2.64. The van der Waals surface area contributed by atoms with Crippen LogP contribution in [0, 0.1) is 0 Å². The van der Waals surface area contributed by atoms with Crippen molar-refractivity contribution in [2.45, 2.75) is 38.1 Å². The van der Waals surface area contributed by atoms with Crippen molar-refractivity contribution in [3.8, 4) is 0 Å². The second kappa shape index (κ2) is 4.94. The molecule has 0 bridgehead atoms. The Balaban J connectivity index is 2.82. The van der Waals surface area contributed by atoms with E-state index in [4.69, 9.17) is 0 Å². The van der Waals surface area contributed by atoms with E-state index in [0.29, 0.717) is 0 Å². The number of tetrazole rings is 1. The second-order valence-corrected chi connectivity index (χ2v) is 5.68. The third kappa shape index (κ3) is 3.17. The summed E-state index contributed by atoms with van der Waals surface area (Å²) in [7, 11) is 1.91. The van der Waals surface area contributed by atoms with Gasteiger partial charge in [0.1, 0.15) is 0 Å². The molecule has 0 spiro atoms. The molecular weight excluding hydrogens is 210 g/mol. The van der Waals surface area contributed by atoms with Crippen molar-refractivity contribution >= 4 is 11.8 Å². The number of nitrogens with zero attached hydrogens (tertiary/aromatic N) is 4. The Labute approximate surface area is 95.0 Å². The van der Waals surface area contributed by atoms with Crippen LogP contribution in [0.3, 0.4) is 0 Å². The highest BCUT2D eigenvalue weighted by molar-refractivity contribution is 7.99. The van der Waals surface area contributed by atoms with Crippen LogP contribution >= 0.6 is 11.8 Å². The summed E-state index contributed by atoms with van der Waals surface area (Å²) in [5.41, 5.74) is 0. The van der Waals surface area contributed by atoms with Gasteiger partial charge in [-0.3, -0.25) is 0 Å². The Morgan fingerprint density at radius 1 is 1.53 bits per heavy atom. The Morgan fingerprint density at radius 3 is 2.73 bits per heavy atom. The molecule has 0 fully saturated rings. The van der Waals surface area contributed by atoms with Gasteiger partial charge < -0.3 is 5.32 Å². The van der Waals surface area contributed by atoms with Crippen LogP contribution in [0.2, 0.25) is 0 Å². The maximum atomic E-state index is 4.04. The van der Waals surface area contributed by atoms with Crippen LogP contribution in [-0.4, -0.2) is 38.3 Å². The third-order valence-electron chi connectivity index (χ3n) is 2.46. The molecule has 0 aliphatic heterocycles. The molecule has 1 unspecified atom stereocenters. The molecule has 6 heteroatoms. The average molecular weight is 229 g/mol. The minimum absolute atomic E-state index is 0.150. The van der Waals surface area contributed by atoms with Crippen molar-refractivity contribution in [2.24, 2.45) is 0 Å². The SMILES string of the molecule is CNC(C)c1nnnn1CC(C)(C)SC. The van der Waals surface area contributed by atoms with Crippen LogP contribution in [0.25, 0.3) is 0 Å². The molecule has 0 aliphatic carbocycles. The lowest BCUT2D eigenvalue weighted by Gasteiger charge is -2.22. The van der Waals surface area contributed by atoms with Gasteiger partial charge in [0.05, 0.1) is 12.6 Å². The van der Waals surface area contributed by atoms with E-state index >= 15 is 0 Å². The summed E-state index contributed by atoms with van der Waals surface area (Å²) >= 11 is 1.82. The van der Waals surface area contributed by atoms with E-state index in [0.717, 1.165) is 12.4 Å². The molecule has 5 nitrogen and oxygen atoms in total. The lowest BCUT2D eigenvalue weighted by Crippen LogP contribution is -2.27. The topological polar surface area (TPSA) is 55.6 Å². The standard InChI is InChI=1S/C9H19N5S/c1-7(10-4)8-11-12-13-14(8)6-9(2,3)15-5/h7,10H,6H2,1-5H3. The van der Waals surface area contributed by atoms with Crippen molar-refractivity contribution in [3.63, 3.8) is 0 Å². The van der Waals surface area contributed by atoms with Gasteiger partial charge in [-0.15, -0.1) is 5.10 Å². The first-order valence-electron chi connectivity index (χ1n) is 4.98. The molecule has 0 saturated heterocycles. The van der Waals surface area contributed by atoms with E-state index < -0.39 is 0 Å². The molecule has 86 valence electrons. The normalized spacial score (nSPS) is 14.2. The highest BCUT2D eigenvalue weighted by Gasteiger charge is 2.21. The number of rotatable bonds is 5. The lowest BCUT2D eigenvalue weighted by atomic mass is 10.2. The lowest BCUT2D eigenvalue weighted by molar-refractivity contribution is 0.464. The Kier molecular flexibility index (Phi) is 4.10. The summed E-state index contributed by atoms with van der Waals surface area (Å²) in [4.78, 5) is 0. The van der Waals surface area contributed by atoms with Gasteiger partial charge in [-0.25, -0.2) is 4.68 Å². The van der Waals surface area contributed by atoms with Crippen molar-refractivity contribution in [2.75, 3.05) is 13.3 Å². The van der Waals surface area contributed by atoms with E-state index in [9.17, 15) is 0 Å². The molecule has 15 heavy (non-hydrogen) atoms. The third-order valence-corrected chi connectivity index (χ3v) is 3.70. The molecule has 1 rings (SSSR count). The zero-order valence-corrected chi connectivity index (χ0v) is 10.8. The van der Waals surface area contributed by atoms with E-state index in [1.54, 1.807) is 0 Å². The van der Waals surface area contributed by atoms with Gasteiger partial charge >= 0.3 is 0 Å². The first kappa shape index (κ1) is 12.4. The zero-order valence-electron chi connectivity index (χ0n) is 9.98. The van der Waals surface area contributed by atoms with Crippen molar-refractivity contribution in [1.29, 1.82) is 0 Å². The summed E-state index contributed by atoms with van der Waals surface area (Å²) < 4.78 is 2.02. The van der Waals surface area contributed by atoms with Crippen LogP contribution in [0.5, 0.6) is 0 Å². The fraction of sp³-hybridized carbons (Fsp3) is 0.889. The van der Waals surface area contributed by atoms with Crippen LogP contribution in [0.4, 0.5) is 0 Å². The predicted octanol–water partition coefficient (Wildman–Crippen LogP) is 1.10. The molecule has 1 aromatic rings. The Hall–Kier alpha value is -0.620. The van der Waals surface area contributed by atoms with Crippen LogP contribution < -0.4 is 5.32 Å². The molecule has 0 saturated carbocycles. The number of hydrogen-bond donors (Lipinski definition) is 1. The molecule has 0 aliphatic rings. The van der Waals surface area contributed by atoms with Gasteiger partial charge in [-0.1, -0.05) is 0 Å². The number of nitrogens with one attached hydrogen (secondary N) is 1. The first-order valence-corrected chi connectivity index (χ1v) is 6.21. The predicted molar refractivity (Wildman–Crippen MR) is 62.9 cm³/mol. The van der Waals surface area contributed by atoms with Crippen molar-refractivity contribution in [3.05, 3.63) is 5.82 Å². The zero-order chi connectivity index (χ0) is 11.5. The number of thioether (sulfide) groups is 1. The van der Waals surface area contributed by atoms with E-state index in [1.807, 2.05) is 30.4 Å². The maximum Gasteiger partial charge on any atom is 0.167 e. The monoisotopic (exact) mass is 229 g/mol. The largest absolute Gasteiger partial charge is 0.311 e. The van der Waals surface area contributed by atoms with Gasteiger partial charge in [0.15, 0.2) is 5.82 Å². The van der Waals surface area contributed by atoms with E-state index in [2.05, 4.69) is 40.9 Å². The molecular formula is C9H19N5S. The van der Waals surface area contributed by atoms with Crippen LogP contribution in [-0.2, 0) is 6.54 Å². The quantitative estimate of drug-likeness (QED) is 0.819. The molecule has 1 aromatic heterocycles. The molecule has 1 atom stereocenters. The first-order chi connectivity index (χ1) is 7.00. The molecule has 1 heterocycles. The van der Waals surface area contributed by atoms with Gasteiger partial charge in [-0.05, 0) is 44.5 Å². The van der Waals surface area contributed by atoms with Gasteiger partial charge in [-0.2, -0.15) is 11.8 Å².